The minimum atomic E-state index is -3.81. The zero-order valence-electron chi connectivity index (χ0n) is 15.0. The van der Waals surface area contributed by atoms with Gasteiger partial charge in [-0.05, 0) is 19.1 Å². The molecule has 27 heavy (non-hydrogen) atoms. The van der Waals surface area contributed by atoms with Gasteiger partial charge in [0, 0.05) is 32.3 Å². The Labute approximate surface area is 156 Å². The van der Waals surface area contributed by atoms with Crippen LogP contribution < -0.4 is 4.90 Å². The van der Waals surface area contributed by atoms with E-state index in [9.17, 15) is 18.5 Å². The zero-order valence-corrected chi connectivity index (χ0v) is 15.8. The lowest BCUT2D eigenvalue weighted by atomic mass is 10.2. The van der Waals surface area contributed by atoms with Crippen LogP contribution in [0.25, 0.3) is 0 Å². The molecule has 2 heterocycles. The van der Waals surface area contributed by atoms with Crippen LogP contribution in [0.5, 0.6) is 0 Å². The van der Waals surface area contributed by atoms with Gasteiger partial charge in [-0.1, -0.05) is 5.16 Å². The largest absolute Gasteiger partial charge is 0.379 e. The molecule has 0 saturated carbocycles. The van der Waals surface area contributed by atoms with Gasteiger partial charge in [0.2, 0.25) is 10.0 Å². The zero-order chi connectivity index (χ0) is 19.6. The van der Waals surface area contributed by atoms with Crippen molar-refractivity contribution < 1.29 is 22.6 Å². The summed E-state index contributed by atoms with van der Waals surface area (Å²) in [7, 11) is -2.14. The van der Waals surface area contributed by atoms with E-state index in [1.807, 2.05) is 0 Å². The highest BCUT2D eigenvalue weighted by molar-refractivity contribution is 7.89. The Morgan fingerprint density at radius 3 is 2.59 bits per heavy atom. The summed E-state index contributed by atoms with van der Waals surface area (Å²) < 4.78 is 36.9. The molecule has 1 fully saturated rings. The van der Waals surface area contributed by atoms with Gasteiger partial charge in [0.25, 0.3) is 5.69 Å². The second kappa shape index (κ2) is 7.62. The Hall–Kier alpha value is -2.50. The molecular weight excluding hydrogens is 376 g/mol. The number of hydrogen-bond donors (Lipinski definition) is 0. The van der Waals surface area contributed by atoms with Crippen LogP contribution in [0, 0.1) is 17.0 Å². The first kappa shape index (κ1) is 19.3. The average Bonchev–Trinajstić information content (AvgIpc) is 3.06. The summed E-state index contributed by atoms with van der Waals surface area (Å²) in [6, 6.07) is 5.67. The average molecular weight is 396 g/mol. The number of nitro groups is 1. The molecular formula is C16H20N4O6S. The Bertz CT molecular complexity index is 936. The van der Waals surface area contributed by atoms with Crippen LogP contribution in [-0.2, 0) is 21.3 Å². The summed E-state index contributed by atoms with van der Waals surface area (Å²) in [6.45, 7) is 3.10. The lowest BCUT2D eigenvalue weighted by Crippen LogP contribution is -2.40. The van der Waals surface area contributed by atoms with Gasteiger partial charge in [-0.2, -0.15) is 4.31 Å². The van der Waals surface area contributed by atoms with E-state index in [2.05, 4.69) is 5.16 Å². The minimum absolute atomic E-state index is 0.106. The normalized spacial score (nSPS) is 15.6. The first-order chi connectivity index (χ1) is 12.8. The van der Waals surface area contributed by atoms with Gasteiger partial charge in [0.15, 0.2) is 0 Å². The Morgan fingerprint density at radius 2 is 2.00 bits per heavy atom. The first-order valence-electron chi connectivity index (χ1n) is 8.28. The van der Waals surface area contributed by atoms with Gasteiger partial charge in [0.05, 0.1) is 29.6 Å². The van der Waals surface area contributed by atoms with E-state index >= 15 is 0 Å². The van der Waals surface area contributed by atoms with Crippen molar-refractivity contribution in [2.45, 2.75) is 18.4 Å². The fourth-order valence-electron chi connectivity index (χ4n) is 2.89. The van der Waals surface area contributed by atoms with Crippen molar-refractivity contribution in [3.63, 3.8) is 0 Å². The summed E-state index contributed by atoms with van der Waals surface area (Å²) in [6.07, 6.45) is 0. The fourth-order valence-corrected chi connectivity index (χ4v) is 4.32. The van der Waals surface area contributed by atoms with Crippen molar-refractivity contribution in [2.24, 2.45) is 0 Å². The Kier molecular flexibility index (Phi) is 5.44. The predicted octanol–water partition coefficient (Wildman–Crippen LogP) is 1.55. The molecule has 1 saturated heterocycles. The van der Waals surface area contributed by atoms with Crippen molar-refractivity contribution >= 4 is 21.4 Å². The van der Waals surface area contributed by atoms with Gasteiger partial charge >= 0.3 is 0 Å². The number of anilines is 1. The Balaban J connectivity index is 1.91. The molecule has 0 atom stereocenters. The molecule has 0 bridgehead atoms. The lowest BCUT2D eigenvalue weighted by molar-refractivity contribution is -0.384. The number of sulfonamides is 1. The summed E-state index contributed by atoms with van der Waals surface area (Å²) in [5.74, 6) is 0.639. The van der Waals surface area contributed by atoms with Gasteiger partial charge in [-0.25, -0.2) is 8.42 Å². The molecule has 3 rings (SSSR count). The van der Waals surface area contributed by atoms with Crippen LogP contribution >= 0.6 is 0 Å². The number of ether oxygens (including phenoxy) is 1. The van der Waals surface area contributed by atoms with Gasteiger partial charge in [-0.15, -0.1) is 0 Å². The second-order valence-electron chi connectivity index (χ2n) is 6.21. The highest BCUT2D eigenvalue weighted by atomic mass is 32.2. The van der Waals surface area contributed by atoms with Crippen LogP contribution in [0.2, 0.25) is 0 Å². The van der Waals surface area contributed by atoms with E-state index in [-0.39, 0.29) is 30.2 Å². The lowest BCUT2D eigenvalue weighted by Gasteiger charge is -2.26. The van der Waals surface area contributed by atoms with Gasteiger partial charge < -0.3 is 14.2 Å². The van der Waals surface area contributed by atoms with Crippen LogP contribution in [0.4, 0.5) is 11.4 Å². The molecule has 1 aliphatic rings. The van der Waals surface area contributed by atoms with Crippen molar-refractivity contribution in [3.8, 4) is 0 Å². The number of morpholine rings is 1. The third-order valence-corrected chi connectivity index (χ3v) is 6.13. The van der Waals surface area contributed by atoms with Crippen molar-refractivity contribution in [2.75, 3.05) is 38.3 Å². The van der Waals surface area contributed by atoms with Crippen molar-refractivity contribution in [1.29, 1.82) is 0 Å². The van der Waals surface area contributed by atoms with Crippen molar-refractivity contribution in [3.05, 3.63) is 45.8 Å². The van der Waals surface area contributed by atoms with E-state index in [4.69, 9.17) is 9.26 Å². The molecule has 2 aromatic rings. The molecule has 0 unspecified atom stereocenters. The number of aryl methyl sites for hydroxylation is 1. The molecule has 10 nitrogen and oxygen atoms in total. The number of nitrogens with zero attached hydrogens (tertiary/aromatic N) is 4. The van der Waals surface area contributed by atoms with Crippen LogP contribution in [-0.4, -0.2) is 56.2 Å². The summed E-state index contributed by atoms with van der Waals surface area (Å²) in [4.78, 5) is 12.5. The van der Waals surface area contributed by atoms with Gasteiger partial charge in [-0.3, -0.25) is 10.1 Å². The fraction of sp³-hybridized carbons (Fsp3) is 0.438. The molecule has 1 aromatic heterocycles. The monoisotopic (exact) mass is 396 g/mol. The minimum Gasteiger partial charge on any atom is -0.379 e. The number of benzene rings is 1. The van der Waals surface area contributed by atoms with E-state index in [1.165, 1.54) is 16.4 Å². The van der Waals surface area contributed by atoms with Crippen LogP contribution in [0.3, 0.4) is 0 Å². The summed E-state index contributed by atoms with van der Waals surface area (Å²) in [5.41, 5.74) is 0.628. The topological polar surface area (TPSA) is 119 Å². The molecule has 0 N–H and O–H groups in total. The quantitative estimate of drug-likeness (QED) is 0.533. The predicted molar refractivity (Wildman–Crippen MR) is 96.0 cm³/mol. The highest BCUT2D eigenvalue weighted by Crippen LogP contribution is 2.32. The maximum atomic E-state index is 12.7. The van der Waals surface area contributed by atoms with Crippen LogP contribution in [0.1, 0.15) is 11.5 Å². The van der Waals surface area contributed by atoms with E-state index in [1.54, 1.807) is 24.9 Å². The summed E-state index contributed by atoms with van der Waals surface area (Å²) >= 11 is 0. The smallest absolute Gasteiger partial charge is 0.293 e. The van der Waals surface area contributed by atoms with E-state index < -0.39 is 14.9 Å². The molecule has 146 valence electrons. The first-order valence-corrected chi connectivity index (χ1v) is 9.72. The molecule has 0 amide bonds. The molecule has 0 spiro atoms. The van der Waals surface area contributed by atoms with E-state index in [0.717, 1.165) is 6.07 Å². The maximum Gasteiger partial charge on any atom is 0.293 e. The number of rotatable bonds is 6. The highest BCUT2D eigenvalue weighted by Gasteiger charge is 2.29. The van der Waals surface area contributed by atoms with Crippen molar-refractivity contribution in [1.82, 2.24) is 9.46 Å². The second-order valence-corrected chi connectivity index (χ2v) is 8.15. The van der Waals surface area contributed by atoms with Gasteiger partial charge in [0.1, 0.15) is 17.1 Å². The molecule has 1 aromatic carbocycles. The number of aromatic nitrogens is 1. The van der Waals surface area contributed by atoms with Crippen LogP contribution in [0.15, 0.2) is 33.7 Å². The third-order valence-electron chi connectivity index (χ3n) is 4.24. The molecule has 0 aliphatic carbocycles. The SMILES string of the molecule is Cc1cc(CN(C)c2ccc(S(=O)(=O)N3CCOCC3)cc2[N+](=O)[O-])no1. The Morgan fingerprint density at radius 1 is 1.30 bits per heavy atom. The maximum absolute atomic E-state index is 12.7. The molecule has 11 heteroatoms. The molecule has 0 radical (unpaired) electrons. The standard InChI is InChI=1S/C16H20N4O6S/c1-12-9-13(17-26-12)11-18(2)15-4-3-14(10-16(15)20(21)22)27(23,24)19-5-7-25-8-6-19/h3-4,9-10H,5-8,11H2,1-2H3. The van der Waals surface area contributed by atoms with E-state index in [0.29, 0.717) is 30.4 Å². The third kappa shape index (κ3) is 4.10. The molecule has 1 aliphatic heterocycles. The number of nitro benzene ring substituents is 1. The number of hydrogen-bond acceptors (Lipinski definition) is 8. The summed E-state index contributed by atoms with van der Waals surface area (Å²) in [5, 5.41) is 15.4.